The smallest absolute Gasteiger partial charge is 0.151 e. The first kappa shape index (κ1) is 11.7. The molecule has 1 unspecified atom stereocenters. The summed E-state index contributed by atoms with van der Waals surface area (Å²) in [6, 6.07) is 7.23. The molecule has 1 aromatic carbocycles. The maximum absolute atomic E-state index is 10.5. The van der Waals surface area contributed by atoms with E-state index >= 15 is 0 Å². The van der Waals surface area contributed by atoms with Crippen LogP contribution in [0.4, 0.5) is 0 Å². The van der Waals surface area contributed by atoms with E-state index in [1.807, 2.05) is 12.1 Å². The molecule has 0 aliphatic heterocycles. The summed E-state index contributed by atoms with van der Waals surface area (Å²) in [6.07, 6.45) is 0.856. The minimum Gasteiger partial charge on any atom is -0.494 e. The second-order valence-corrected chi connectivity index (χ2v) is 3.64. The predicted octanol–water partition coefficient (Wildman–Crippen LogP) is 1.39. The zero-order valence-electron chi connectivity index (χ0n) is 8.77. The van der Waals surface area contributed by atoms with Crippen LogP contribution in [0.2, 0.25) is 0 Å². The van der Waals surface area contributed by atoms with Crippen molar-refractivity contribution in [3.8, 4) is 5.75 Å². The zero-order chi connectivity index (χ0) is 11.3. The quantitative estimate of drug-likeness (QED) is 0.742. The fourth-order valence-electron chi connectivity index (χ4n) is 1.28. The molecule has 3 nitrogen and oxygen atoms in total. The Morgan fingerprint density at radius 3 is 2.53 bits per heavy atom. The van der Waals surface area contributed by atoms with Gasteiger partial charge >= 0.3 is 0 Å². The predicted molar refractivity (Wildman–Crippen MR) is 57.7 cm³/mol. The molecule has 0 spiro atoms. The average Bonchev–Trinajstić information content (AvgIpc) is 2.21. The van der Waals surface area contributed by atoms with Crippen LogP contribution in [-0.4, -0.2) is 23.6 Å². The largest absolute Gasteiger partial charge is 0.494 e. The minimum absolute atomic E-state index is 0.307. The minimum atomic E-state index is -1.30. The molecule has 0 aliphatic carbocycles. The summed E-state index contributed by atoms with van der Waals surface area (Å²) in [5.74, 6) is 0.736. The maximum Gasteiger partial charge on any atom is 0.151 e. The lowest BCUT2D eigenvalue weighted by atomic mass is 9.98. The third-order valence-corrected chi connectivity index (χ3v) is 2.01. The highest BCUT2D eigenvalue weighted by Gasteiger charge is 2.19. The van der Waals surface area contributed by atoms with Crippen LogP contribution in [0.3, 0.4) is 0 Å². The summed E-state index contributed by atoms with van der Waals surface area (Å²) in [5, 5.41) is 9.54. The van der Waals surface area contributed by atoms with Crippen molar-refractivity contribution in [2.45, 2.75) is 18.9 Å². The van der Waals surface area contributed by atoms with Crippen LogP contribution >= 0.6 is 0 Å². The number of rotatable bonds is 5. The van der Waals surface area contributed by atoms with Crippen molar-refractivity contribution in [2.75, 3.05) is 6.61 Å². The van der Waals surface area contributed by atoms with Crippen molar-refractivity contribution in [3.63, 3.8) is 0 Å². The molecule has 15 heavy (non-hydrogen) atoms. The van der Waals surface area contributed by atoms with Crippen LogP contribution in [0.5, 0.6) is 5.75 Å². The Kier molecular flexibility index (Phi) is 3.86. The molecular formula is C12H15O3. The summed E-state index contributed by atoms with van der Waals surface area (Å²) >= 11 is 0. The molecule has 1 aromatic rings. The van der Waals surface area contributed by atoms with Gasteiger partial charge < -0.3 is 14.6 Å². The molecule has 1 N–H and O–H groups in total. The van der Waals surface area contributed by atoms with E-state index in [-0.39, 0.29) is 0 Å². The van der Waals surface area contributed by atoms with Crippen molar-refractivity contribution in [3.05, 3.63) is 36.8 Å². The standard InChI is InChI=1S/C12H15O3/c1-3-15-11-6-4-10(5-7-11)8-12(2,14)9-13/h4-7,9,14H,1,3,8H2,2H3. The molecule has 0 fully saturated rings. The Labute approximate surface area is 89.7 Å². The zero-order valence-corrected chi connectivity index (χ0v) is 8.77. The SMILES string of the molecule is [CH2]COc1ccc(CC(C)(O)C=O)cc1. The molecule has 3 heteroatoms. The van der Waals surface area contributed by atoms with Crippen molar-refractivity contribution >= 4 is 6.29 Å². The second kappa shape index (κ2) is 4.94. The Balaban J connectivity index is 2.68. The van der Waals surface area contributed by atoms with Gasteiger partial charge in [-0.15, -0.1) is 0 Å². The Morgan fingerprint density at radius 1 is 1.47 bits per heavy atom. The van der Waals surface area contributed by atoms with Crippen LogP contribution in [0.1, 0.15) is 12.5 Å². The molecule has 0 saturated carbocycles. The van der Waals surface area contributed by atoms with Crippen LogP contribution in [-0.2, 0) is 11.2 Å². The number of aldehydes is 1. The number of benzene rings is 1. The van der Waals surface area contributed by atoms with Gasteiger partial charge in [-0.3, -0.25) is 0 Å². The van der Waals surface area contributed by atoms with Gasteiger partial charge in [0.25, 0.3) is 0 Å². The lowest BCUT2D eigenvalue weighted by Gasteiger charge is -2.15. The summed E-state index contributed by atoms with van der Waals surface area (Å²) in [7, 11) is 0. The normalized spacial score (nSPS) is 14.3. The molecule has 0 aromatic heterocycles. The monoisotopic (exact) mass is 207 g/mol. The topological polar surface area (TPSA) is 46.5 Å². The first-order valence-electron chi connectivity index (χ1n) is 4.77. The van der Waals surface area contributed by atoms with E-state index in [1.54, 1.807) is 12.1 Å². The van der Waals surface area contributed by atoms with Crippen molar-refractivity contribution in [2.24, 2.45) is 0 Å². The van der Waals surface area contributed by atoms with Gasteiger partial charge in [0, 0.05) is 6.42 Å². The lowest BCUT2D eigenvalue weighted by molar-refractivity contribution is -0.122. The van der Waals surface area contributed by atoms with Gasteiger partial charge in [0.1, 0.15) is 11.4 Å². The molecule has 0 saturated heterocycles. The van der Waals surface area contributed by atoms with Crippen LogP contribution in [0.25, 0.3) is 0 Å². The van der Waals surface area contributed by atoms with Gasteiger partial charge in [-0.05, 0) is 31.5 Å². The van der Waals surface area contributed by atoms with E-state index in [0.29, 0.717) is 19.3 Å². The highest BCUT2D eigenvalue weighted by molar-refractivity contribution is 5.62. The van der Waals surface area contributed by atoms with E-state index in [9.17, 15) is 9.90 Å². The summed E-state index contributed by atoms with van der Waals surface area (Å²) in [6.45, 7) is 5.43. The van der Waals surface area contributed by atoms with E-state index in [4.69, 9.17) is 4.74 Å². The molecular weight excluding hydrogens is 192 g/mol. The van der Waals surface area contributed by atoms with Gasteiger partial charge in [-0.25, -0.2) is 0 Å². The number of carbonyl (C=O) groups is 1. The fraction of sp³-hybridized carbons (Fsp3) is 0.333. The van der Waals surface area contributed by atoms with E-state index in [1.165, 1.54) is 6.92 Å². The molecule has 1 rings (SSSR count). The van der Waals surface area contributed by atoms with E-state index in [0.717, 1.165) is 11.3 Å². The highest BCUT2D eigenvalue weighted by Crippen LogP contribution is 2.16. The van der Waals surface area contributed by atoms with Crippen LogP contribution in [0.15, 0.2) is 24.3 Å². The summed E-state index contributed by atoms with van der Waals surface area (Å²) < 4.78 is 5.17. The van der Waals surface area contributed by atoms with Gasteiger partial charge in [0.2, 0.25) is 0 Å². The molecule has 81 valence electrons. The number of hydrogen-bond acceptors (Lipinski definition) is 3. The first-order chi connectivity index (χ1) is 7.07. The highest BCUT2D eigenvalue weighted by atomic mass is 16.5. The number of ether oxygens (including phenoxy) is 1. The second-order valence-electron chi connectivity index (χ2n) is 3.64. The van der Waals surface area contributed by atoms with Crippen LogP contribution in [0, 0.1) is 6.92 Å². The molecule has 0 bridgehead atoms. The molecule has 0 heterocycles. The summed E-state index contributed by atoms with van der Waals surface area (Å²) in [4.78, 5) is 10.5. The molecule has 1 atom stereocenters. The van der Waals surface area contributed by atoms with Crippen LogP contribution < -0.4 is 4.74 Å². The van der Waals surface area contributed by atoms with E-state index < -0.39 is 5.60 Å². The number of hydrogen-bond donors (Lipinski definition) is 1. The van der Waals surface area contributed by atoms with Gasteiger partial charge in [0.05, 0.1) is 6.61 Å². The van der Waals surface area contributed by atoms with Crippen molar-refractivity contribution in [1.82, 2.24) is 0 Å². The first-order valence-corrected chi connectivity index (χ1v) is 4.77. The Morgan fingerprint density at radius 2 is 2.07 bits per heavy atom. The fourth-order valence-corrected chi connectivity index (χ4v) is 1.28. The van der Waals surface area contributed by atoms with Crippen molar-refractivity contribution in [1.29, 1.82) is 0 Å². The number of aliphatic hydroxyl groups is 1. The Hall–Kier alpha value is -1.35. The third-order valence-electron chi connectivity index (χ3n) is 2.01. The molecule has 0 aliphatic rings. The van der Waals surface area contributed by atoms with Gasteiger partial charge in [-0.2, -0.15) is 0 Å². The van der Waals surface area contributed by atoms with Crippen molar-refractivity contribution < 1.29 is 14.6 Å². The molecule has 1 radical (unpaired) electrons. The van der Waals surface area contributed by atoms with Gasteiger partial charge in [0.15, 0.2) is 6.29 Å². The lowest BCUT2D eigenvalue weighted by Crippen LogP contribution is -2.28. The summed E-state index contributed by atoms with van der Waals surface area (Å²) in [5.41, 5.74) is -0.405. The Bertz CT molecular complexity index is 314. The van der Waals surface area contributed by atoms with E-state index in [2.05, 4.69) is 6.92 Å². The van der Waals surface area contributed by atoms with Gasteiger partial charge in [-0.1, -0.05) is 12.1 Å². The number of carbonyl (C=O) groups excluding carboxylic acids is 1. The maximum atomic E-state index is 10.5. The average molecular weight is 207 g/mol. The molecule has 0 amide bonds. The third kappa shape index (κ3) is 3.72.